The Morgan fingerprint density at radius 1 is 1.10 bits per heavy atom. The summed E-state index contributed by atoms with van der Waals surface area (Å²) in [5, 5.41) is 9.52. The largest absolute Gasteiger partial charge is 0.362 e. The molecule has 20 heavy (non-hydrogen) atoms. The van der Waals surface area contributed by atoms with E-state index >= 15 is 0 Å². The number of aliphatic hydroxyl groups is 1. The van der Waals surface area contributed by atoms with Crippen LogP contribution in [0.5, 0.6) is 0 Å². The molecule has 100 valence electrons. The van der Waals surface area contributed by atoms with E-state index < -0.39 is 12.1 Å². The highest BCUT2D eigenvalue weighted by molar-refractivity contribution is 5.98. The minimum Gasteiger partial charge on any atom is -0.362 e. The summed E-state index contributed by atoms with van der Waals surface area (Å²) in [4.78, 5) is 11.9. The molecular formula is C17H14O3. The lowest BCUT2D eigenvalue weighted by atomic mass is 10.0. The molecule has 0 aliphatic rings. The number of Topliss-reactive ketones (excluding diaryl/α,β-unsaturated/α-hetero) is 1. The van der Waals surface area contributed by atoms with Gasteiger partial charge in [0.25, 0.3) is 0 Å². The average Bonchev–Trinajstić information content (AvgIpc) is 2.53. The fraction of sp³-hybridized carbons (Fsp3) is 0.118. The van der Waals surface area contributed by atoms with E-state index in [0.29, 0.717) is 5.56 Å². The SMILES string of the molecule is C#CCO[C@@H](O)C(=O)c1ccc(-c2ccccc2)cc1. The molecule has 0 aliphatic carbocycles. The molecule has 0 saturated heterocycles. The summed E-state index contributed by atoms with van der Waals surface area (Å²) in [5.74, 6) is 1.70. The molecule has 1 atom stereocenters. The van der Waals surface area contributed by atoms with Crippen LogP contribution in [0.3, 0.4) is 0 Å². The molecule has 2 rings (SSSR count). The Morgan fingerprint density at radius 2 is 1.70 bits per heavy atom. The van der Waals surface area contributed by atoms with E-state index in [2.05, 4.69) is 5.92 Å². The molecule has 2 aromatic carbocycles. The van der Waals surface area contributed by atoms with Gasteiger partial charge < -0.3 is 9.84 Å². The fourth-order valence-electron chi connectivity index (χ4n) is 1.80. The zero-order valence-electron chi connectivity index (χ0n) is 10.8. The number of terminal acetylenes is 1. The molecule has 0 bridgehead atoms. The molecule has 0 heterocycles. The van der Waals surface area contributed by atoms with Crippen LogP contribution >= 0.6 is 0 Å². The first-order valence-corrected chi connectivity index (χ1v) is 6.15. The van der Waals surface area contributed by atoms with Crippen LogP contribution in [0.1, 0.15) is 10.4 Å². The lowest BCUT2D eigenvalue weighted by molar-refractivity contribution is -0.0602. The highest BCUT2D eigenvalue weighted by Crippen LogP contribution is 2.19. The highest BCUT2D eigenvalue weighted by atomic mass is 16.6. The van der Waals surface area contributed by atoms with Gasteiger partial charge in [0.1, 0.15) is 6.61 Å². The van der Waals surface area contributed by atoms with Gasteiger partial charge in [0.15, 0.2) is 0 Å². The summed E-state index contributed by atoms with van der Waals surface area (Å²) < 4.78 is 4.79. The van der Waals surface area contributed by atoms with Crippen molar-refractivity contribution in [2.24, 2.45) is 0 Å². The van der Waals surface area contributed by atoms with E-state index in [-0.39, 0.29) is 6.61 Å². The smallest absolute Gasteiger partial charge is 0.221 e. The van der Waals surface area contributed by atoms with Crippen molar-refractivity contribution in [3.63, 3.8) is 0 Å². The summed E-state index contributed by atoms with van der Waals surface area (Å²) in [6.07, 6.45) is 3.48. The lowest BCUT2D eigenvalue weighted by Gasteiger charge is -2.09. The molecule has 3 heteroatoms. The van der Waals surface area contributed by atoms with Crippen molar-refractivity contribution in [2.75, 3.05) is 6.61 Å². The van der Waals surface area contributed by atoms with Gasteiger partial charge in [0.2, 0.25) is 12.1 Å². The van der Waals surface area contributed by atoms with Crippen molar-refractivity contribution in [3.05, 3.63) is 60.2 Å². The number of ketones is 1. The summed E-state index contributed by atoms with van der Waals surface area (Å²) in [6.45, 7) is -0.102. The van der Waals surface area contributed by atoms with Gasteiger partial charge in [-0.1, -0.05) is 60.5 Å². The Bertz CT molecular complexity index is 609. The number of carbonyl (C=O) groups excluding carboxylic acids is 1. The molecule has 0 spiro atoms. The number of rotatable bonds is 5. The predicted octanol–water partition coefficient (Wildman–Crippen LogP) is 2.50. The van der Waals surface area contributed by atoms with Crippen molar-refractivity contribution in [1.29, 1.82) is 0 Å². The second-order valence-electron chi connectivity index (χ2n) is 4.18. The Labute approximate surface area is 117 Å². The fourth-order valence-corrected chi connectivity index (χ4v) is 1.80. The van der Waals surface area contributed by atoms with E-state index in [0.717, 1.165) is 11.1 Å². The van der Waals surface area contributed by atoms with Gasteiger partial charge in [0.05, 0.1) is 0 Å². The molecule has 0 radical (unpaired) electrons. The normalized spacial score (nSPS) is 11.6. The maximum Gasteiger partial charge on any atom is 0.221 e. The summed E-state index contributed by atoms with van der Waals surface area (Å²) >= 11 is 0. The first-order valence-electron chi connectivity index (χ1n) is 6.15. The molecular weight excluding hydrogens is 252 g/mol. The Kier molecular flexibility index (Phi) is 4.67. The van der Waals surface area contributed by atoms with Crippen LogP contribution < -0.4 is 0 Å². The van der Waals surface area contributed by atoms with Crippen LogP contribution in [-0.2, 0) is 4.74 Å². The van der Waals surface area contributed by atoms with Gasteiger partial charge in [-0.15, -0.1) is 6.42 Å². The number of hydrogen-bond acceptors (Lipinski definition) is 3. The average molecular weight is 266 g/mol. The molecule has 0 aromatic heterocycles. The van der Waals surface area contributed by atoms with E-state index in [1.54, 1.807) is 12.1 Å². The molecule has 2 aromatic rings. The zero-order valence-corrected chi connectivity index (χ0v) is 10.8. The zero-order chi connectivity index (χ0) is 14.4. The van der Waals surface area contributed by atoms with Gasteiger partial charge in [-0.3, -0.25) is 4.79 Å². The summed E-state index contributed by atoms with van der Waals surface area (Å²) in [6, 6.07) is 16.8. The standard InChI is InChI=1S/C17H14O3/c1-2-12-20-17(19)16(18)15-10-8-14(9-11-15)13-6-4-3-5-7-13/h1,3-11,17,19H,12H2/t17-/m1/s1. The molecule has 0 amide bonds. The molecule has 1 N–H and O–H groups in total. The highest BCUT2D eigenvalue weighted by Gasteiger charge is 2.17. The van der Waals surface area contributed by atoms with Gasteiger partial charge in [-0.25, -0.2) is 0 Å². The van der Waals surface area contributed by atoms with Gasteiger partial charge >= 0.3 is 0 Å². The van der Waals surface area contributed by atoms with E-state index in [1.165, 1.54) is 0 Å². The molecule has 0 fully saturated rings. The minimum atomic E-state index is -1.52. The molecule has 0 unspecified atom stereocenters. The predicted molar refractivity (Wildman–Crippen MR) is 77.0 cm³/mol. The van der Waals surface area contributed by atoms with Gasteiger partial charge in [-0.05, 0) is 11.1 Å². The van der Waals surface area contributed by atoms with Gasteiger partial charge in [0, 0.05) is 5.56 Å². The van der Waals surface area contributed by atoms with Crippen LogP contribution in [0.4, 0.5) is 0 Å². The van der Waals surface area contributed by atoms with Crippen molar-refractivity contribution in [1.82, 2.24) is 0 Å². The maximum absolute atomic E-state index is 11.9. The second-order valence-corrected chi connectivity index (χ2v) is 4.18. The minimum absolute atomic E-state index is 0.102. The van der Waals surface area contributed by atoms with Crippen LogP contribution in [0, 0.1) is 12.3 Å². The van der Waals surface area contributed by atoms with Crippen LogP contribution in [0.25, 0.3) is 11.1 Å². The van der Waals surface area contributed by atoms with E-state index in [4.69, 9.17) is 11.2 Å². The number of ether oxygens (including phenoxy) is 1. The lowest BCUT2D eigenvalue weighted by Crippen LogP contribution is -2.24. The van der Waals surface area contributed by atoms with Gasteiger partial charge in [-0.2, -0.15) is 0 Å². The first kappa shape index (κ1) is 14.0. The van der Waals surface area contributed by atoms with Crippen molar-refractivity contribution < 1.29 is 14.6 Å². The third-order valence-corrected chi connectivity index (χ3v) is 2.83. The Hall–Kier alpha value is -2.41. The van der Waals surface area contributed by atoms with Crippen molar-refractivity contribution in [3.8, 4) is 23.5 Å². The Balaban J connectivity index is 2.13. The third kappa shape index (κ3) is 3.33. The van der Waals surface area contributed by atoms with Crippen molar-refractivity contribution >= 4 is 5.78 Å². The first-order chi connectivity index (χ1) is 9.72. The monoisotopic (exact) mass is 266 g/mol. The summed E-state index contributed by atoms with van der Waals surface area (Å²) in [7, 11) is 0. The number of benzene rings is 2. The number of carbonyl (C=O) groups is 1. The quantitative estimate of drug-likeness (QED) is 0.514. The van der Waals surface area contributed by atoms with E-state index in [9.17, 15) is 9.90 Å². The topological polar surface area (TPSA) is 46.5 Å². The van der Waals surface area contributed by atoms with Crippen molar-refractivity contribution in [2.45, 2.75) is 6.29 Å². The second kappa shape index (κ2) is 6.67. The number of aliphatic hydroxyl groups excluding tert-OH is 1. The van der Waals surface area contributed by atoms with Crippen LogP contribution in [-0.4, -0.2) is 23.8 Å². The molecule has 0 aliphatic heterocycles. The van der Waals surface area contributed by atoms with E-state index in [1.807, 2.05) is 42.5 Å². The number of hydrogen-bond donors (Lipinski definition) is 1. The molecule has 3 nitrogen and oxygen atoms in total. The van der Waals surface area contributed by atoms with Crippen LogP contribution in [0.15, 0.2) is 54.6 Å². The summed E-state index contributed by atoms with van der Waals surface area (Å²) in [5.41, 5.74) is 2.45. The third-order valence-electron chi connectivity index (χ3n) is 2.83. The van der Waals surface area contributed by atoms with Crippen LogP contribution in [0.2, 0.25) is 0 Å². The maximum atomic E-state index is 11.9. The Morgan fingerprint density at radius 3 is 2.30 bits per heavy atom. The molecule has 0 saturated carbocycles.